The second kappa shape index (κ2) is 14.9. The number of nitrogens with one attached hydrogen (secondary N) is 4. The highest BCUT2D eigenvalue weighted by molar-refractivity contribution is 7.12. The van der Waals surface area contributed by atoms with E-state index < -0.39 is 11.9 Å². The van der Waals surface area contributed by atoms with E-state index in [-0.39, 0.29) is 30.4 Å². The molecule has 1 unspecified atom stereocenters. The fourth-order valence-corrected chi connectivity index (χ4v) is 4.83. The number of amidine groups is 1. The molecule has 3 rings (SSSR count). The Morgan fingerprint density at radius 3 is 2.73 bits per heavy atom. The number of halogens is 1. The molecule has 0 aliphatic heterocycles. The molecule has 5 N–H and O–H groups in total. The summed E-state index contributed by atoms with van der Waals surface area (Å²) in [6.45, 7) is 2.03. The smallest absolute Gasteiger partial charge is 0.212 e. The number of aliphatic hydroxyl groups excluding tert-OH is 1. The Morgan fingerprint density at radius 1 is 1.27 bits per heavy atom. The number of aldehydes is 1. The normalized spacial score (nSPS) is 12.0. The van der Waals surface area contributed by atoms with Crippen molar-refractivity contribution in [2.45, 2.75) is 25.9 Å². The number of rotatable bonds is 15. The molecular weight excluding hydrogens is 535 g/mol. The molecule has 0 saturated carbocycles. The lowest BCUT2D eigenvalue weighted by Gasteiger charge is -2.26. The zero-order valence-electron chi connectivity index (χ0n) is 22.5. The average molecular weight is 569 g/mol. The third-order valence-electron chi connectivity index (χ3n) is 6.04. The van der Waals surface area contributed by atoms with E-state index in [4.69, 9.17) is 10.1 Å². The van der Waals surface area contributed by atoms with Crippen LogP contribution in [0, 0.1) is 11.2 Å². The molecule has 212 valence electrons. The van der Waals surface area contributed by atoms with Crippen LogP contribution < -0.4 is 25.7 Å². The van der Waals surface area contributed by atoms with E-state index in [0.717, 1.165) is 17.4 Å². The van der Waals surface area contributed by atoms with Gasteiger partial charge in [-0.1, -0.05) is 19.1 Å². The van der Waals surface area contributed by atoms with Crippen LogP contribution in [0.3, 0.4) is 0 Å². The zero-order valence-corrected chi connectivity index (χ0v) is 23.3. The van der Waals surface area contributed by atoms with Crippen LogP contribution in [-0.4, -0.2) is 57.2 Å². The highest BCUT2D eigenvalue weighted by Crippen LogP contribution is 2.32. The Morgan fingerprint density at radius 2 is 2.08 bits per heavy atom. The minimum Gasteiger partial charge on any atom is -0.488 e. The van der Waals surface area contributed by atoms with Crippen molar-refractivity contribution in [3.05, 3.63) is 74.7 Å². The van der Waals surface area contributed by atoms with E-state index in [9.17, 15) is 14.7 Å². The van der Waals surface area contributed by atoms with Gasteiger partial charge in [0.15, 0.2) is 23.7 Å². The number of hydrogen-bond donors (Lipinski definition) is 5. The number of aryl methyl sites for hydroxylation is 1. The second-order valence-corrected chi connectivity index (χ2v) is 9.60. The van der Waals surface area contributed by atoms with Crippen LogP contribution in [0.15, 0.2) is 46.9 Å². The Labute approximate surface area is 236 Å². The molecule has 0 spiro atoms. The van der Waals surface area contributed by atoms with Gasteiger partial charge in [0.05, 0.1) is 17.2 Å². The van der Waals surface area contributed by atoms with Gasteiger partial charge in [0.25, 0.3) is 0 Å². The number of anilines is 2. The van der Waals surface area contributed by atoms with E-state index in [1.807, 2.05) is 13.0 Å². The van der Waals surface area contributed by atoms with Crippen molar-refractivity contribution in [3.8, 4) is 5.75 Å². The largest absolute Gasteiger partial charge is 0.488 e. The number of carbonyl (C=O) groups is 2. The van der Waals surface area contributed by atoms with Crippen molar-refractivity contribution in [1.82, 2.24) is 10.6 Å². The lowest BCUT2D eigenvalue weighted by atomic mass is 9.99. The van der Waals surface area contributed by atoms with Crippen LogP contribution in [-0.2, 0) is 17.8 Å². The van der Waals surface area contributed by atoms with Gasteiger partial charge in [0.1, 0.15) is 12.6 Å². The van der Waals surface area contributed by atoms with Gasteiger partial charge in [-0.2, -0.15) is 5.10 Å². The topological polar surface area (TPSA) is 139 Å². The fourth-order valence-electron chi connectivity index (χ4n) is 4.11. The van der Waals surface area contributed by atoms with Crippen LogP contribution in [0.4, 0.5) is 15.8 Å². The number of hydrogen-bond acceptors (Lipinski definition) is 10. The number of nitrogens with zero attached hydrogens (tertiary/aromatic N) is 2. The van der Waals surface area contributed by atoms with E-state index in [2.05, 4.69) is 21.1 Å². The summed E-state index contributed by atoms with van der Waals surface area (Å²) in [7, 11) is 3.42. The molecule has 3 aromatic rings. The molecule has 40 heavy (non-hydrogen) atoms. The molecular formula is C28H33FN6O4S. The Kier molecular flexibility index (Phi) is 11.3. The predicted octanol–water partition coefficient (Wildman–Crippen LogP) is 3.70. The van der Waals surface area contributed by atoms with Crippen molar-refractivity contribution < 1.29 is 23.8 Å². The zero-order chi connectivity index (χ0) is 29.1. The predicted molar refractivity (Wildman–Crippen MR) is 157 cm³/mol. The number of hydrazone groups is 1. The molecule has 1 heterocycles. The first-order valence-electron chi connectivity index (χ1n) is 12.6. The third-order valence-corrected chi connectivity index (χ3v) is 6.87. The van der Waals surface area contributed by atoms with Gasteiger partial charge in [0.2, 0.25) is 6.41 Å². The summed E-state index contributed by atoms with van der Waals surface area (Å²) >= 11 is 1.25. The highest BCUT2D eigenvalue weighted by atomic mass is 32.1. The van der Waals surface area contributed by atoms with Gasteiger partial charge in [-0.25, -0.2) is 4.39 Å². The van der Waals surface area contributed by atoms with Crippen molar-refractivity contribution in [1.29, 1.82) is 5.41 Å². The van der Waals surface area contributed by atoms with E-state index in [1.165, 1.54) is 22.6 Å². The van der Waals surface area contributed by atoms with Crippen molar-refractivity contribution in [2.24, 2.45) is 5.10 Å². The van der Waals surface area contributed by atoms with Crippen LogP contribution in [0.1, 0.15) is 44.9 Å². The average Bonchev–Trinajstić information content (AvgIpc) is 3.45. The second-order valence-electron chi connectivity index (χ2n) is 8.65. The standard InChI is InChI=1S/C28H33FN6O4S/c1-4-18-11-22(26(29)24(12-18)39-9-8-36)27(33-21-6-5-19(14-30)20(13-21)15-31-2)28(32-17-38)34-35(3)23-7-10-40-25(23)16-37/h5-7,10-14,16-17,27,30-31,33,36H,4,8-9,15H2,1-3H3,(H,32,34,38). The fraction of sp³-hybridized carbons (Fsp3) is 0.286. The minimum atomic E-state index is -1.01. The Bertz CT molecular complexity index is 1360. The highest BCUT2D eigenvalue weighted by Gasteiger charge is 2.27. The van der Waals surface area contributed by atoms with Crippen LogP contribution in [0.5, 0.6) is 5.75 Å². The first kappa shape index (κ1) is 30.4. The van der Waals surface area contributed by atoms with Gasteiger partial charge < -0.3 is 31.2 Å². The number of thiophene rings is 1. The van der Waals surface area contributed by atoms with Crippen molar-refractivity contribution in [3.63, 3.8) is 0 Å². The first-order valence-corrected chi connectivity index (χ1v) is 13.4. The molecule has 1 atom stereocenters. The molecule has 2 aromatic carbocycles. The molecule has 0 aliphatic rings. The maximum atomic E-state index is 16.0. The molecule has 0 radical (unpaired) electrons. The van der Waals surface area contributed by atoms with Crippen molar-refractivity contribution >= 4 is 47.5 Å². The Hall–Kier alpha value is -4.13. The number of carbonyl (C=O) groups excluding carboxylic acids is 2. The molecule has 0 saturated heterocycles. The number of amides is 1. The van der Waals surface area contributed by atoms with Crippen LogP contribution in [0.25, 0.3) is 0 Å². The molecule has 1 aromatic heterocycles. The van der Waals surface area contributed by atoms with Gasteiger partial charge in [-0.3, -0.25) is 14.6 Å². The van der Waals surface area contributed by atoms with Gasteiger partial charge in [-0.05, 0) is 59.8 Å². The molecule has 12 heteroatoms. The summed E-state index contributed by atoms with van der Waals surface area (Å²) in [4.78, 5) is 23.7. The van der Waals surface area contributed by atoms with Gasteiger partial charge >= 0.3 is 0 Å². The van der Waals surface area contributed by atoms with Crippen molar-refractivity contribution in [2.75, 3.05) is 37.6 Å². The summed E-state index contributed by atoms with van der Waals surface area (Å²) in [5.41, 5.74) is 3.59. The molecule has 0 bridgehead atoms. The quantitative estimate of drug-likeness (QED) is 0.0815. The Balaban J connectivity index is 2.21. The maximum absolute atomic E-state index is 16.0. The molecule has 10 nitrogen and oxygen atoms in total. The third kappa shape index (κ3) is 7.29. The summed E-state index contributed by atoms with van der Waals surface area (Å²) in [5.74, 6) is -0.654. The number of ether oxygens (including phenoxy) is 1. The lowest BCUT2D eigenvalue weighted by molar-refractivity contribution is -0.108. The minimum absolute atomic E-state index is 0.0369. The number of aliphatic hydroxyl groups is 1. The van der Waals surface area contributed by atoms with Crippen LogP contribution in [0.2, 0.25) is 0 Å². The summed E-state index contributed by atoms with van der Waals surface area (Å²) < 4.78 is 21.5. The molecule has 0 fully saturated rings. The summed E-state index contributed by atoms with van der Waals surface area (Å²) in [6, 6.07) is 9.31. The lowest BCUT2D eigenvalue weighted by Crippen LogP contribution is -2.36. The van der Waals surface area contributed by atoms with Gasteiger partial charge in [-0.15, -0.1) is 11.3 Å². The first-order chi connectivity index (χ1) is 19.4. The van der Waals surface area contributed by atoms with E-state index in [0.29, 0.717) is 41.2 Å². The maximum Gasteiger partial charge on any atom is 0.212 e. The number of benzene rings is 2. The molecule has 1 amide bonds. The molecule has 0 aliphatic carbocycles. The van der Waals surface area contributed by atoms with Gasteiger partial charge in [0, 0.05) is 31.1 Å². The van der Waals surface area contributed by atoms with E-state index in [1.54, 1.807) is 49.8 Å². The summed E-state index contributed by atoms with van der Waals surface area (Å²) in [5, 5.41) is 33.7. The monoisotopic (exact) mass is 568 g/mol. The van der Waals surface area contributed by atoms with E-state index >= 15 is 4.39 Å². The summed E-state index contributed by atoms with van der Waals surface area (Å²) in [6.07, 6.45) is 2.99. The SMILES string of the molecule is CCc1cc(OCCO)c(F)c(C(Nc2ccc(C=N)c(CNC)c2)/C(=N/N(C)c2ccsc2C=O)NC=O)c1. The van der Waals surface area contributed by atoms with Crippen LogP contribution >= 0.6 is 11.3 Å².